The van der Waals surface area contributed by atoms with Crippen molar-refractivity contribution in [1.82, 2.24) is 9.78 Å². The van der Waals surface area contributed by atoms with Crippen LogP contribution in [0.2, 0.25) is 0 Å². The Hall–Kier alpha value is 0.320. The second-order valence-corrected chi connectivity index (χ2v) is 3.39. The van der Waals surface area contributed by atoms with Crippen LogP contribution in [0.5, 0.6) is 0 Å². The van der Waals surface area contributed by atoms with Gasteiger partial charge in [0.25, 0.3) is 0 Å². The van der Waals surface area contributed by atoms with Gasteiger partial charge in [-0.25, -0.2) is 4.21 Å². The van der Waals surface area contributed by atoms with E-state index in [4.69, 9.17) is 4.55 Å². The summed E-state index contributed by atoms with van der Waals surface area (Å²) in [7, 11) is 0. The summed E-state index contributed by atoms with van der Waals surface area (Å²) in [4.78, 5) is 0. The molecule has 0 radical (unpaired) electrons. The topological polar surface area (TPSA) is 55.1 Å². The van der Waals surface area contributed by atoms with Gasteiger partial charge in [0.05, 0.1) is 0 Å². The Bertz CT molecular complexity index is 274. The number of rotatable bonds is 2. The Morgan fingerprint density at radius 1 is 1.67 bits per heavy atom. The normalized spacial score (nSPS) is 12.7. The molecule has 0 fully saturated rings. The second kappa shape index (κ2) is 5.14. The molecular formula is C6H11N2NaO2S. The van der Waals surface area contributed by atoms with Gasteiger partial charge in [0, 0.05) is 12.2 Å². The Labute approximate surface area is 95.9 Å². The molecule has 0 saturated carbocycles. The molecule has 0 amide bonds. The van der Waals surface area contributed by atoms with E-state index in [1.54, 1.807) is 10.9 Å². The first-order valence-electron chi connectivity index (χ1n) is 3.27. The fourth-order valence-corrected chi connectivity index (χ4v) is 1.04. The van der Waals surface area contributed by atoms with Gasteiger partial charge in [-0.2, -0.15) is 5.10 Å². The van der Waals surface area contributed by atoms with Crippen molar-refractivity contribution in [3.05, 3.63) is 12.3 Å². The van der Waals surface area contributed by atoms with Crippen molar-refractivity contribution in [2.75, 3.05) is 0 Å². The van der Waals surface area contributed by atoms with E-state index in [1.807, 2.05) is 13.8 Å². The van der Waals surface area contributed by atoms with Gasteiger partial charge in [-0.1, -0.05) is 0 Å². The third kappa shape index (κ3) is 2.99. The van der Waals surface area contributed by atoms with Gasteiger partial charge in [0.1, 0.15) is 0 Å². The van der Waals surface area contributed by atoms with Crippen molar-refractivity contribution in [3.8, 4) is 0 Å². The molecule has 64 valence electrons. The summed E-state index contributed by atoms with van der Waals surface area (Å²) in [5.74, 6) is 0. The zero-order valence-electron chi connectivity index (χ0n) is 6.39. The Kier molecular flexibility index (Phi) is 5.27. The molecule has 1 atom stereocenters. The van der Waals surface area contributed by atoms with Gasteiger partial charge < -0.3 is 4.55 Å². The first-order valence-corrected chi connectivity index (χ1v) is 4.38. The third-order valence-corrected chi connectivity index (χ3v) is 1.87. The van der Waals surface area contributed by atoms with E-state index in [2.05, 4.69) is 5.10 Å². The summed E-state index contributed by atoms with van der Waals surface area (Å²) >= 11 is -1.96. The summed E-state index contributed by atoms with van der Waals surface area (Å²) < 4.78 is 20.7. The Morgan fingerprint density at radius 2 is 2.25 bits per heavy atom. The molecule has 4 nitrogen and oxygen atoms in total. The molecule has 1 N–H and O–H groups in total. The van der Waals surface area contributed by atoms with E-state index >= 15 is 0 Å². The average molecular weight is 198 g/mol. The van der Waals surface area contributed by atoms with E-state index in [9.17, 15) is 4.21 Å². The van der Waals surface area contributed by atoms with Crippen LogP contribution in [0, 0.1) is 0 Å². The van der Waals surface area contributed by atoms with Gasteiger partial charge in [-0.15, -0.1) is 0 Å². The van der Waals surface area contributed by atoms with Gasteiger partial charge in [-0.3, -0.25) is 4.68 Å². The van der Waals surface area contributed by atoms with E-state index < -0.39 is 11.1 Å². The van der Waals surface area contributed by atoms with Crippen molar-refractivity contribution in [3.63, 3.8) is 0 Å². The van der Waals surface area contributed by atoms with E-state index in [0.29, 0.717) is 0 Å². The SMILES string of the molecule is CC(C)n1ccc(S(=O)O)n1.[NaH]. The molecule has 6 heteroatoms. The van der Waals surface area contributed by atoms with Gasteiger partial charge in [0.15, 0.2) is 5.03 Å². The molecule has 0 saturated heterocycles. The molecule has 0 bridgehead atoms. The first-order chi connectivity index (χ1) is 5.11. The van der Waals surface area contributed by atoms with Crippen molar-refractivity contribution < 1.29 is 8.76 Å². The van der Waals surface area contributed by atoms with Crippen molar-refractivity contribution in [2.45, 2.75) is 24.9 Å². The summed E-state index contributed by atoms with van der Waals surface area (Å²) in [5, 5.41) is 4.08. The molecule has 12 heavy (non-hydrogen) atoms. The van der Waals surface area contributed by atoms with Crippen LogP contribution in [0.4, 0.5) is 0 Å². The van der Waals surface area contributed by atoms with Gasteiger partial charge in [-0.05, 0) is 19.9 Å². The maximum absolute atomic E-state index is 10.5. The molecule has 0 aliphatic rings. The predicted molar refractivity (Wildman–Crippen MR) is 48.8 cm³/mol. The number of nitrogens with zero attached hydrogens (tertiary/aromatic N) is 2. The molecule has 0 aliphatic carbocycles. The summed E-state index contributed by atoms with van der Waals surface area (Å²) in [6.45, 7) is 3.91. The molecule has 0 aromatic carbocycles. The van der Waals surface area contributed by atoms with Crippen molar-refractivity contribution >= 4 is 40.6 Å². The van der Waals surface area contributed by atoms with Crippen molar-refractivity contribution in [2.24, 2.45) is 0 Å². The van der Waals surface area contributed by atoms with Crippen LogP contribution in [-0.4, -0.2) is 48.1 Å². The van der Waals surface area contributed by atoms with Crippen molar-refractivity contribution in [1.29, 1.82) is 0 Å². The molecule has 1 unspecified atom stereocenters. The zero-order valence-corrected chi connectivity index (χ0v) is 7.21. The minimum atomic E-state index is -1.96. The molecule has 1 rings (SSSR count). The number of aromatic nitrogens is 2. The fourth-order valence-electron chi connectivity index (χ4n) is 0.701. The van der Waals surface area contributed by atoms with Crippen LogP contribution in [0.25, 0.3) is 0 Å². The average Bonchev–Trinajstić information content (AvgIpc) is 2.33. The van der Waals surface area contributed by atoms with Crippen LogP contribution in [0.3, 0.4) is 0 Å². The quantitative estimate of drug-likeness (QED) is 0.552. The van der Waals surface area contributed by atoms with E-state index in [1.165, 1.54) is 6.07 Å². The molecule has 1 heterocycles. The van der Waals surface area contributed by atoms with E-state index in [-0.39, 0.29) is 40.6 Å². The third-order valence-electron chi connectivity index (χ3n) is 1.29. The molecule has 0 aliphatic heterocycles. The van der Waals surface area contributed by atoms with E-state index in [0.717, 1.165) is 0 Å². The second-order valence-electron chi connectivity index (χ2n) is 2.48. The molecule has 1 aromatic heterocycles. The Morgan fingerprint density at radius 3 is 2.50 bits per heavy atom. The minimum absolute atomic E-state index is 0. The monoisotopic (exact) mass is 198 g/mol. The van der Waals surface area contributed by atoms with Crippen LogP contribution < -0.4 is 0 Å². The predicted octanol–water partition coefficient (Wildman–Crippen LogP) is 0.396. The summed E-state index contributed by atoms with van der Waals surface area (Å²) in [6.07, 6.45) is 1.69. The van der Waals surface area contributed by atoms with Gasteiger partial charge >= 0.3 is 29.6 Å². The van der Waals surface area contributed by atoms with Gasteiger partial charge in [0.2, 0.25) is 11.1 Å². The molecule has 0 spiro atoms. The number of hydrogen-bond acceptors (Lipinski definition) is 2. The standard InChI is InChI=1S/C6H10N2O2S.Na.H/c1-5(2)8-4-3-6(7-8)11(9)10;;/h3-5H,1-2H3,(H,9,10);;. The van der Waals surface area contributed by atoms with Crippen LogP contribution in [0.15, 0.2) is 17.3 Å². The van der Waals surface area contributed by atoms with Crippen LogP contribution >= 0.6 is 0 Å². The van der Waals surface area contributed by atoms with Crippen LogP contribution in [-0.2, 0) is 11.1 Å². The molecular weight excluding hydrogens is 187 g/mol. The van der Waals surface area contributed by atoms with Crippen LogP contribution in [0.1, 0.15) is 19.9 Å². The molecule has 1 aromatic rings. The fraction of sp³-hybridized carbons (Fsp3) is 0.500. The summed E-state index contributed by atoms with van der Waals surface area (Å²) in [6, 6.07) is 1.77. The number of hydrogen-bond donors (Lipinski definition) is 1. The summed E-state index contributed by atoms with van der Waals surface area (Å²) in [5.41, 5.74) is 0. The zero-order chi connectivity index (χ0) is 8.43. The first kappa shape index (κ1) is 12.3. The Balaban J connectivity index is 0.00000121. The maximum atomic E-state index is 10.5.